The highest BCUT2D eigenvalue weighted by Gasteiger charge is 2.23. The molecule has 1 atom stereocenters. The molecule has 0 bridgehead atoms. The lowest BCUT2D eigenvalue weighted by Gasteiger charge is -2.18. The van der Waals surface area contributed by atoms with Crippen LogP contribution in [0.3, 0.4) is 0 Å². The number of carbonyl (C=O) groups is 1. The Balaban J connectivity index is 1.40. The molecule has 146 valence electrons. The summed E-state index contributed by atoms with van der Waals surface area (Å²) in [5.41, 5.74) is 2.45. The molecule has 1 aromatic carbocycles. The van der Waals surface area contributed by atoms with Gasteiger partial charge in [0.1, 0.15) is 21.9 Å². The number of rotatable bonds is 6. The molecule has 5 nitrogen and oxygen atoms in total. The number of amides is 1. The lowest BCUT2D eigenvalue weighted by Crippen LogP contribution is -2.24. The van der Waals surface area contributed by atoms with E-state index < -0.39 is 0 Å². The summed E-state index contributed by atoms with van der Waals surface area (Å²) in [4.78, 5) is 23.8. The summed E-state index contributed by atoms with van der Waals surface area (Å²) in [5, 5.41) is 5.07. The molecule has 0 saturated heterocycles. The largest absolute Gasteiger partial charge is 0.497 e. The number of aromatic nitrogens is 2. The molecular weight excluding hydrogens is 390 g/mol. The first-order chi connectivity index (χ1) is 13.6. The third-order valence-electron chi connectivity index (χ3n) is 5.05. The molecule has 4 rings (SSSR count). The number of methoxy groups -OCH3 is 1. The van der Waals surface area contributed by atoms with Gasteiger partial charge in [0.15, 0.2) is 0 Å². The van der Waals surface area contributed by atoms with Gasteiger partial charge in [-0.25, -0.2) is 9.97 Å². The van der Waals surface area contributed by atoms with Gasteiger partial charge in [0.05, 0.1) is 12.9 Å². The van der Waals surface area contributed by atoms with Gasteiger partial charge >= 0.3 is 0 Å². The van der Waals surface area contributed by atoms with Crippen molar-refractivity contribution in [3.63, 3.8) is 0 Å². The van der Waals surface area contributed by atoms with E-state index in [4.69, 9.17) is 4.74 Å². The van der Waals surface area contributed by atoms with Crippen molar-refractivity contribution in [3.8, 4) is 5.75 Å². The molecule has 3 aromatic rings. The first kappa shape index (κ1) is 19.2. The lowest BCUT2D eigenvalue weighted by molar-refractivity contribution is -0.118. The van der Waals surface area contributed by atoms with Crippen LogP contribution in [0.4, 0.5) is 0 Å². The van der Waals surface area contributed by atoms with Gasteiger partial charge in [-0.15, -0.1) is 11.3 Å². The van der Waals surface area contributed by atoms with E-state index in [1.165, 1.54) is 34.0 Å². The predicted molar refractivity (Wildman–Crippen MR) is 114 cm³/mol. The first-order valence-electron chi connectivity index (χ1n) is 9.41. The van der Waals surface area contributed by atoms with Crippen LogP contribution in [0.15, 0.2) is 35.6 Å². The van der Waals surface area contributed by atoms with Crippen molar-refractivity contribution in [2.45, 2.75) is 37.8 Å². The molecule has 0 saturated carbocycles. The van der Waals surface area contributed by atoms with Gasteiger partial charge in [-0.1, -0.05) is 30.8 Å². The third kappa shape index (κ3) is 4.15. The molecule has 0 unspecified atom stereocenters. The molecule has 28 heavy (non-hydrogen) atoms. The molecule has 2 heterocycles. The summed E-state index contributed by atoms with van der Waals surface area (Å²) in [6, 6.07) is 7.71. The van der Waals surface area contributed by atoms with Crippen LogP contribution in [0.25, 0.3) is 10.2 Å². The van der Waals surface area contributed by atoms with Gasteiger partial charge in [0.25, 0.3) is 0 Å². The number of ether oxygens (including phenoxy) is 1. The highest BCUT2D eigenvalue weighted by Crippen LogP contribution is 2.40. The fourth-order valence-electron chi connectivity index (χ4n) is 3.48. The molecule has 0 fully saturated rings. The monoisotopic (exact) mass is 413 g/mol. The number of thiophene rings is 1. The Hall–Kier alpha value is -2.12. The van der Waals surface area contributed by atoms with Crippen LogP contribution in [0, 0.1) is 5.92 Å². The number of nitrogens with zero attached hydrogens (tertiary/aromatic N) is 2. The van der Waals surface area contributed by atoms with Crippen molar-refractivity contribution in [2.75, 3.05) is 12.9 Å². The maximum atomic E-state index is 12.3. The Bertz CT molecular complexity index is 985. The average Bonchev–Trinajstić information content (AvgIpc) is 3.09. The summed E-state index contributed by atoms with van der Waals surface area (Å²) in [7, 11) is 1.64. The minimum Gasteiger partial charge on any atom is -0.497 e. The number of hydrogen-bond donors (Lipinski definition) is 1. The zero-order chi connectivity index (χ0) is 19.5. The van der Waals surface area contributed by atoms with Crippen molar-refractivity contribution in [1.29, 1.82) is 0 Å². The van der Waals surface area contributed by atoms with Crippen molar-refractivity contribution >= 4 is 39.2 Å². The SMILES string of the molecule is COc1ccc(CNC(=O)CSc2ncnc3sc4c(c23)CC[C@H](C)C4)cc1. The van der Waals surface area contributed by atoms with E-state index in [1.807, 2.05) is 24.3 Å². The number of carbonyl (C=O) groups excluding carboxylic acids is 1. The number of benzene rings is 1. The minimum atomic E-state index is 0.00491. The average molecular weight is 414 g/mol. The van der Waals surface area contributed by atoms with Gasteiger partial charge in [-0.2, -0.15) is 0 Å². The topological polar surface area (TPSA) is 64.1 Å². The van der Waals surface area contributed by atoms with Crippen LogP contribution >= 0.6 is 23.1 Å². The molecule has 2 aromatic heterocycles. The summed E-state index contributed by atoms with van der Waals surface area (Å²) >= 11 is 3.29. The number of thioether (sulfide) groups is 1. The highest BCUT2D eigenvalue weighted by atomic mass is 32.2. The van der Waals surface area contributed by atoms with E-state index in [9.17, 15) is 4.79 Å². The van der Waals surface area contributed by atoms with Gasteiger partial charge in [0, 0.05) is 16.8 Å². The van der Waals surface area contributed by atoms with Crippen LogP contribution in [0.5, 0.6) is 5.75 Å². The quantitative estimate of drug-likeness (QED) is 0.484. The van der Waals surface area contributed by atoms with E-state index in [1.54, 1.807) is 24.8 Å². The van der Waals surface area contributed by atoms with Crippen LogP contribution in [0.1, 0.15) is 29.3 Å². The Morgan fingerprint density at radius 1 is 1.32 bits per heavy atom. The first-order valence-corrected chi connectivity index (χ1v) is 11.2. The Kier molecular flexibility index (Phi) is 5.82. The zero-order valence-electron chi connectivity index (χ0n) is 16.0. The molecule has 1 aliphatic carbocycles. The van der Waals surface area contributed by atoms with E-state index >= 15 is 0 Å². The fraction of sp³-hybridized carbons (Fsp3) is 0.381. The lowest BCUT2D eigenvalue weighted by atomic mass is 9.89. The van der Waals surface area contributed by atoms with Crippen molar-refractivity contribution < 1.29 is 9.53 Å². The van der Waals surface area contributed by atoms with Crippen molar-refractivity contribution in [3.05, 3.63) is 46.6 Å². The third-order valence-corrected chi connectivity index (χ3v) is 7.20. The second kappa shape index (κ2) is 8.49. The van der Waals surface area contributed by atoms with Gasteiger partial charge in [-0.05, 0) is 48.4 Å². The maximum Gasteiger partial charge on any atom is 0.230 e. The normalized spacial score (nSPS) is 16.0. The second-order valence-corrected chi connectivity index (χ2v) is 9.17. The van der Waals surface area contributed by atoms with E-state index in [2.05, 4.69) is 22.2 Å². The predicted octanol–water partition coefficient (Wildman–Crippen LogP) is 4.23. The molecule has 0 radical (unpaired) electrons. The van der Waals surface area contributed by atoms with Crippen LogP contribution in [-0.2, 0) is 24.2 Å². The molecule has 0 aliphatic heterocycles. The number of hydrogen-bond acceptors (Lipinski definition) is 6. The molecule has 1 amide bonds. The van der Waals surface area contributed by atoms with Gasteiger partial charge < -0.3 is 10.1 Å². The smallest absolute Gasteiger partial charge is 0.230 e. The molecule has 1 aliphatic rings. The summed E-state index contributed by atoms with van der Waals surface area (Å²) < 4.78 is 5.15. The maximum absolute atomic E-state index is 12.3. The molecular formula is C21H23N3O2S2. The zero-order valence-corrected chi connectivity index (χ0v) is 17.7. The van der Waals surface area contributed by atoms with Gasteiger partial charge in [-0.3, -0.25) is 4.79 Å². The minimum absolute atomic E-state index is 0.00491. The standard InChI is InChI=1S/C21H23N3O2S2/c1-13-3-8-16-17(9-13)28-21-19(16)20(23-12-24-21)27-11-18(25)22-10-14-4-6-15(26-2)7-5-14/h4-7,12-13H,3,8-11H2,1-2H3,(H,22,25)/t13-/m0/s1. The van der Waals surface area contributed by atoms with E-state index in [0.717, 1.165) is 39.9 Å². The second-order valence-electron chi connectivity index (χ2n) is 7.12. The fourth-order valence-corrected chi connectivity index (χ4v) is 5.76. The Morgan fingerprint density at radius 2 is 2.14 bits per heavy atom. The molecule has 7 heteroatoms. The van der Waals surface area contributed by atoms with Crippen LogP contribution in [-0.4, -0.2) is 28.7 Å². The van der Waals surface area contributed by atoms with Crippen LogP contribution in [0.2, 0.25) is 0 Å². The number of fused-ring (bicyclic) bond motifs is 3. The summed E-state index contributed by atoms with van der Waals surface area (Å²) in [6.07, 6.45) is 5.04. The summed E-state index contributed by atoms with van der Waals surface area (Å²) in [6.45, 7) is 2.82. The number of aryl methyl sites for hydroxylation is 1. The molecule has 0 spiro atoms. The Labute approximate surface area is 172 Å². The Morgan fingerprint density at radius 3 is 2.93 bits per heavy atom. The van der Waals surface area contributed by atoms with Crippen molar-refractivity contribution in [2.24, 2.45) is 5.92 Å². The molecule has 1 N–H and O–H groups in total. The van der Waals surface area contributed by atoms with Gasteiger partial charge in [0.2, 0.25) is 5.91 Å². The van der Waals surface area contributed by atoms with E-state index in [0.29, 0.717) is 12.3 Å². The van der Waals surface area contributed by atoms with Crippen LogP contribution < -0.4 is 10.1 Å². The number of nitrogens with one attached hydrogen (secondary N) is 1. The highest BCUT2D eigenvalue weighted by molar-refractivity contribution is 8.00. The summed E-state index contributed by atoms with van der Waals surface area (Å²) in [5.74, 6) is 1.90. The van der Waals surface area contributed by atoms with Crippen molar-refractivity contribution in [1.82, 2.24) is 15.3 Å². The van der Waals surface area contributed by atoms with E-state index in [-0.39, 0.29) is 5.91 Å².